The average molecular weight is 506 g/mol. The molecule has 2 aromatic rings. The van der Waals surface area contributed by atoms with Gasteiger partial charge in [-0.05, 0) is 51.5 Å². The number of azo groups is 1. The van der Waals surface area contributed by atoms with E-state index in [4.69, 9.17) is 0 Å². The van der Waals surface area contributed by atoms with Gasteiger partial charge in [-0.3, -0.25) is 9.36 Å². The minimum atomic E-state index is -3.99. The molecule has 0 saturated carbocycles. The molecule has 0 fully saturated rings. The Kier molecular flexibility index (Phi) is 9.67. The maximum Gasteiger partial charge on any atom is 0.281 e. The van der Waals surface area contributed by atoms with Gasteiger partial charge in [-0.1, -0.05) is 13.3 Å². The van der Waals surface area contributed by atoms with Gasteiger partial charge in [0.05, 0.1) is 22.8 Å². The molecule has 0 spiro atoms. The van der Waals surface area contributed by atoms with E-state index in [2.05, 4.69) is 10.2 Å². The number of rotatable bonds is 11. The second-order valence-electron chi connectivity index (χ2n) is 8.31. The van der Waals surface area contributed by atoms with Crippen LogP contribution in [0.2, 0.25) is 0 Å². The fraction of sp³-hybridized carbons (Fsp3) is 0.478. The van der Waals surface area contributed by atoms with Crippen LogP contribution in [-0.2, 0) is 16.6 Å². The van der Waals surface area contributed by atoms with E-state index in [9.17, 15) is 33.8 Å². The molecule has 0 aliphatic carbocycles. The summed E-state index contributed by atoms with van der Waals surface area (Å²) in [4.78, 5) is 12.8. The summed E-state index contributed by atoms with van der Waals surface area (Å²) in [6.07, 6.45) is -0.455. The molecule has 35 heavy (non-hydrogen) atoms. The standard InChI is InChI=1S/C23H31N5O6S/c1-5-6-11-28-22(31)20(12-24)17(4)21(23(28)32)26-25-18-7-9-19(10-8-18)35(33,34)27(13-15(2)29)14-16(3)30/h7-10,15-16,29-31H,5-6,11,13-14H2,1-4H3. The van der Waals surface area contributed by atoms with Crippen LogP contribution in [0.4, 0.5) is 11.4 Å². The van der Waals surface area contributed by atoms with Crippen LogP contribution in [-0.4, -0.2) is 57.9 Å². The summed E-state index contributed by atoms with van der Waals surface area (Å²) in [5, 5.41) is 47.1. The summed E-state index contributed by atoms with van der Waals surface area (Å²) >= 11 is 0. The Morgan fingerprint density at radius 2 is 1.69 bits per heavy atom. The second-order valence-corrected chi connectivity index (χ2v) is 10.2. The molecule has 0 radical (unpaired) electrons. The summed E-state index contributed by atoms with van der Waals surface area (Å²) in [7, 11) is -3.99. The van der Waals surface area contributed by atoms with E-state index < -0.39 is 33.7 Å². The van der Waals surface area contributed by atoms with E-state index in [0.717, 1.165) is 15.3 Å². The number of hydrogen-bond donors (Lipinski definition) is 3. The molecule has 1 aromatic carbocycles. The average Bonchev–Trinajstić information content (AvgIpc) is 2.78. The van der Waals surface area contributed by atoms with E-state index in [0.29, 0.717) is 6.42 Å². The number of nitrogens with zero attached hydrogens (tertiary/aromatic N) is 5. The Morgan fingerprint density at radius 1 is 1.11 bits per heavy atom. The lowest BCUT2D eigenvalue weighted by Gasteiger charge is -2.24. The summed E-state index contributed by atoms with van der Waals surface area (Å²) in [5.41, 5.74) is -0.286. The highest BCUT2D eigenvalue weighted by atomic mass is 32.2. The molecule has 0 saturated heterocycles. The molecule has 1 heterocycles. The van der Waals surface area contributed by atoms with Crippen LogP contribution < -0.4 is 5.56 Å². The zero-order valence-corrected chi connectivity index (χ0v) is 21.0. The molecule has 2 rings (SSSR count). The summed E-state index contributed by atoms with van der Waals surface area (Å²) in [6.45, 7) is 6.19. The Morgan fingerprint density at radius 3 is 2.17 bits per heavy atom. The van der Waals surface area contributed by atoms with Crippen molar-refractivity contribution >= 4 is 21.4 Å². The van der Waals surface area contributed by atoms with E-state index in [1.165, 1.54) is 45.0 Å². The van der Waals surface area contributed by atoms with Crippen LogP contribution in [0, 0.1) is 18.3 Å². The van der Waals surface area contributed by atoms with Gasteiger partial charge in [-0.25, -0.2) is 8.42 Å². The lowest BCUT2D eigenvalue weighted by Crippen LogP contribution is -2.40. The molecule has 190 valence electrons. The van der Waals surface area contributed by atoms with Crippen molar-refractivity contribution in [3.05, 3.63) is 45.7 Å². The highest BCUT2D eigenvalue weighted by Crippen LogP contribution is 2.28. The van der Waals surface area contributed by atoms with Crippen LogP contribution in [0.1, 0.15) is 44.7 Å². The second kappa shape index (κ2) is 12.0. The minimum absolute atomic E-state index is 0.0626. The van der Waals surface area contributed by atoms with Crippen LogP contribution in [0.25, 0.3) is 0 Å². The van der Waals surface area contributed by atoms with Crippen molar-refractivity contribution in [3.63, 3.8) is 0 Å². The van der Waals surface area contributed by atoms with Crippen molar-refractivity contribution in [1.82, 2.24) is 8.87 Å². The Labute approximate surface area is 204 Å². The van der Waals surface area contributed by atoms with Crippen molar-refractivity contribution < 1.29 is 23.7 Å². The number of unbranched alkanes of at least 4 members (excludes halogenated alkanes) is 1. The number of sulfonamides is 1. The van der Waals surface area contributed by atoms with Gasteiger partial charge in [0.1, 0.15) is 11.6 Å². The van der Waals surface area contributed by atoms with E-state index in [-0.39, 0.29) is 47.0 Å². The lowest BCUT2D eigenvalue weighted by molar-refractivity contribution is 0.125. The highest BCUT2D eigenvalue weighted by Gasteiger charge is 2.27. The fourth-order valence-electron chi connectivity index (χ4n) is 3.38. The molecular formula is C23H31N5O6S. The SMILES string of the molecule is CCCCn1c(O)c(C#N)c(C)c(N=Nc2ccc(S(=O)(=O)N(CC(C)O)CC(C)O)cc2)c1=O. The first-order valence-corrected chi connectivity index (χ1v) is 12.6. The zero-order chi connectivity index (χ0) is 26.3. The highest BCUT2D eigenvalue weighted by molar-refractivity contribution is 7.89. The van der Waals surface area contributed by atoms with E-state index in [1.807, 2.05) is 13.0 Å². The number of aromatic hydroxyl groups is 1. The molecule has 0 amide bonds. The third kappa shape index (κ3) is 6.73. The summed E-state index contributed by atoms with van der Waals surface area (Å²) in [5.74, 6) is -0.407. The maximum absolute atomic E-state index is 13.0. The quantitative estimate of drug-likeness (QED) is 0.394. The summed E-state index contributed by atoms with van der Waals surface area (Å²) < 4.78 is 28.0. The van der Waals surface area contributed by atoms with Crippen LogP contribution in [0.3, 0.4) is 0 Å². The van der Waals surface area contributed by atoms with Gasteiger partial charge in [0.15, 0.2) is 5.69 Å². The topological polar surface area (TPSA) is 169 Å². The third-order valence-electron chi connectivity index (χ3n) is 5.18. The number of aliphatic hydroxyl groups is 2. The van der Waals surface area contributed by atoms with Crippen LogP contribution >= 0.6 is 0 Å². The first-order chi connectivity index (χ1) is 16.4. The Hall–Kier alpha value is -3.11. The van der Waals surface area contributed by atoms with E-state index in [1.54, 1.807) is 0 Å². The van der Waals surface area contributed by atoms with Crippen LogP contribution in [0.15, 0.2) is 44.2 Å². The largest absolute Gasteiger partial charge is 0.493 e. The fourth-order valence-corrected chi connectivity index (χ4v) is 4.98. The smallest absolute Gasteiger partial charge is 0.281 e. The van der Waals surface area contributed by atoms with Gasteiger partial charge in [0, 0.05) is 25.2 Å². The zero-order valence-electron chi connectivity index (χ0n) is 20.2. The number of hydrogen-bond acceptors (Lipinski definition) is 9. The predicted octanol–water partition coefficient (Wildman–Crippen LogP) is 2.70. The Balaban J connectivity index is 2.41. The number of aromatic nitrogens is 1. The molecule has 2 unspecified atom stereocenters. The molecule has 12 heteroatoms. The van der Waals surface area contributed by atoms with Crippen molar-refractivity contribution in [1.29, 1.82) is 5.26 Å². The van der Waals surface area contributed by atoms with E-state index >= 15 is 0 Å². The molecular weight excluding hydrogens is 474 g/mol. The maximum atomic E-state index is 13.0. The molecule has 0 bridgehead atoms. The number of benzene rings is 1. The van der Waals surface area contributed by atoms with Crippen LogP contribution in [0.5, 0.6) is 5.88 Å². The third-order valence-corrected chi connectivity index (χ3v) is 7.03. The van der Waals surface area contributed by atoms with Gasteiger partial charge >= 0.3 is 0 Å². The number of aliphatic hydroxyl groups excluding tert-OH is 2. The predicted molar refractivity (Wildman–Crippen MR) is 129 cm³/mol. The van der Waals surface area contributed by atoms with Gasteiger partial charge in [0.2, 0.25) is 15.9 Å². The molecule has 0 aliphatic rings. The normalized spacial score (nSPS) is 13.8. The first kappa shape index (κ1) is 28.1. The molecule has 2 atom stereocenters. The lowest BCUT2D eigenvalue weighted by atomic mass is 10.1. The van der Waals surface area contributed by atoms with Crippen molar-refractivity contribution in [2.45, 2.75) is 64.2 Å². The first-order valence-electron chi connectivity index (χ1n) is 11.2. The monoisotopic (exact) mass is 505 g/mol. The number of nitriles is 1. The van der Waals surface area contributed by atoms with Crippen molar-refractivity contribution in [2.75, 3.05) is 13.1 Å². The molecule has 11 nitrogen and oxygen atoms in total. The van der Waals surface area contributed by atoms with Gasteiger partial charge in [-0.2, -0.15) is 14.7 Å². The van der Waals surface area contributed by atoms with Gasteiger partial charge in [0.25, 0.3) is 5.56 Å². The minimum Gasteiger partial charge on any atom is -0.493 e. The van der Waals surface area contributed by atoms with Gasteiger partial charge < -0.3 is 15.3 Å². The molecule has 3 N–H and O–H groups in total. The van der Waals surface area contributed by atoms with Crippen molar-refractivity contribution in [3.8, 4) is 11.9 Å². The number of pyridine rings is 1. The molecule has 0 aliphatic heterocycles. The van der Waals surface area contributed by atoms with Gasteiger partial charge in [-0.15, -0.1) is 5.11 Å². The Bertz CT molecular complexity index is 1250. The van der Waals surface area contributed by atoms with Crippen molar-refractivity contribution in [2.24, 2.45) is 10.2 Å². The summed E-state index contributed by atoms with van der Waals surface area (Å²) in [6, 6.07) is 7.31. The molecule has 1 aromatic heterocycles.